The molecule has 0 nitrogen and oxygen atoms in total. The van der Waals surface area contributed by atoms with Gasteiger partial charge >= 0.3 is 0 Å². The van der Waals surface area contributed by atoms with Crippen LogP contribution in [0.3, 0.4) is 0 Å². The van der Waals surface area contributed by atoms with Crippen LogP contribution in [0.5, 0.6) is 0 Å². The third-order valence-corrected chi connectivity index (χ3v) is 3.48. The molecule has 0 spiro atoms. The van der Waals surface area contributed by atoms with E-state index in [0.717, 1.165) is 9.37 Å². The van der Waals surface area contributed by atoms with Crippen LogP contribution in [0, 0.1) is 0 Å². The standard InChI is InChI=1S/C14H21BrS/c1-2-3-4-5-6-7-8-12-9-13(15)11-14(16)10-12/h9-11,16H,2-8H2,1H3. The smallest absolute Gasteiger partial charge is 0.0189 e. The molecule has 90 valence electrons. The number of aryl methyl sites for hydroxylation is 1. The van der Waals surface area contributed by atoms with Gasteiger partial charge in [-0.15, -0.1) is 12.6 Å². The van der Waals surface area contributed by atoms with Crippen LogP contribution in [-0.4, -0.2) is 0 Å². The third kappa shape index (κ3) is 5.95. The van der Waals surface area contributed by atoms with E-state index in [1.807, 2.05) is 6.07 Å². The monoisotopic (exact) mass is 300 g/mol. The van der Waals surface area contributed by atoms with Gasteiger partial charge in [0.2, 0.25) is 0 Å². The lowest BCUT2D eigenvalue weighted by atomic mass is 10.1. The maximum atomic E-state index is 4.38. The Morgan fingerprint density at radius 3 is 2.38 bits per heavy atom. The minimum atomic E-state index is 1.05. The van der Waals surface area contributed by atoms with Crippen molar-refractivity contribution < 1.29 is 0 Å². The molecule has 0 aliphatic carbocycles. The number of rotatable bonds is 7. The van der Waals surface area contributed by atoms with Crippen molar-refractivity contribution in [2.75, 3.05) is 0 Å². The Labute approximate surface area is 113 Å². The van der Waals surface area contributed by atoms with Gasteiger partial charge in [-0.1, -0.05) is 55.0 Å². The lowest BCUT2D eigenvalue weighted by Crippen LogP contribution is -1.87. The van der Waals surface area contributed by atoms with Crippen LogP contribution in [0.2, 0.25) is 0 Å². The van der Waals surface area contributed by atoms with Crippen molar-refractivity contribution in [1.29, 1.82) is 0 Å². The summed E-state index contributed by atoms with van der Waals surface area (Å²) in [6, 6.07) is 6.40. The SMILES string of the molecule is CCCCCCCCc1cc(S)cc(Br)c1. The molecular formula is C14H21BrS. The molecule has 1 aromatic rings. The maximum absolute atomic E-state index is 4.38. The summed E-state index contributed by atoms with van der Waals surface area (Å²) in [4.78, 5) is 1.05. The van der Waals surface area contributed by atoms with Crippen LogP contribution in [0.25, 0.3) is 0 Å². The third-order valence-electron chi connectivity index (χ3n) is 2.76. The van der Waals surface area contributed by atoms with E-state index in [1.54, 1.807) is 0 Å². The van der Waals surface area contributed by atoms with E-state index >= 15 is 0 Å². The molecule has 1 aromatic carbocycles. The molecule has 0 saturated carbocycles. The zero-order valence-electron chi connectivity index (χ0n) is 10.0. The normalized spacial score (nSPS) is 10.7. The van der Waals surface area contributed by atoms with Gasteiger partial charge in [-0.3, -0.25) is 0 Å². The molecule has 0 radical (unpaired) electrons. The fourth-order valence-electron chi connectivity index (χ4n) is 1.89. The second-order valence-electron chi connectivity index (χ2n) is 4.34. The van der Waals surface area contributed by atoms with Crippen molar-refractivity contribution in [3.8, 4) is 0 Å². The zero-order chi connectivity index (χ0) is 11.8. The van der Waals surface area contributed by atoms with E-state index in [9.17, 15) is 0 Å². The van der Waals surface area contributed by atoms with Crippen LogP contribution >= 0.6 is 28.6 Å². The molecule has 0 N–H and O–H groups in total. The van der Waals surface area contributed by atoms with Crippen LogP contribution in [-0.2, 0) is 6.42 Å². The number of thiol groups is 1. The molecule has 0 atom stereocenters. The number of benzene rings is 1. The molecular weight excluding hydrogens is 280 g/mol. The quantitative estimate of drug-likeness (QED) is 0.489. The Morgan fingerprint density at radius 1 is 1.00 bits per heavy atom. The Balaban J connectivity index is 2.21. The summed E-state index contributed by atoms with van der Waals surface area (Å²) >= 11 is 7.89. The number of halogens is 1. The first kappa shape index (κ1) is 14.1. The van der Waals surface area contributed by atoms with Gasteiger partial charge in [0, 0.05) is 9.37 Å². The van der Waals surface area contributed by atoms with Gasteiger partial charge in [-0.05, 0) is 36.6 Å². The number of hydrogen-bond donors (Lipinski definition) is 1. The average Bonchev–Trinajstić information content (AvgIpc) is 2.22. The van der Waals surface area contributed by atoms with Gasteiger partial charge in [0.1, 0.15) is 0 Å². The average molecular weight is 301 g/mol. The van der Waals surface area contributed by atoms with Crippen LogP contribution in [0.15, 0.2) is 27.6 Å². The second-order valence-corrected chi connectivity index (χ2v) is 5.77. The summed E-state index contributed by atoms with van der Waals surface area (Å²) in [6.07, 6.45) is 9.33. The lowest BCUT2D eigenvalue weighted by molar-refractivity contribution is 0.607. The van der Waals surface area contributed by atoms with Crippen molar-refractivity contribution in [3.05, 3.63) is 28.2 Å². The number of hydrogen-bond acceptors (Lipinski definition) is 1. The summed E-state index contributed by atoms with van der Waals surface area (Å²) in [6.45, 7) is 2.26. The second kappa shape index (κ2) is 8.19. The molecule has 0 aromatic heterocycles. The fraction of sp³-hybridized carbons (Fsp3) is 0.571. The van der Waals surface area contributed by atoms with Gasteiger partial charge in [0.25, 0.3) is 0 Å². The molecule has 1 rings (SSSR count). The minimum Gasteiger partial charge on any atom is -0.143 e. The highest BCUT2D eigenvalue weighted by Crippen LogP contribution is 2.20. The minimum absolute atomic E-state index is 1.05. The lowest BCUT2D eigenvalue weighted by Gasteiger charge is -2.04. The summed E-state index contributed by atoms with van der Waals surface area (Å²) in [5.41, 5.74) is 1.40. The highest BCUT2D eigenvalue weighted by Gasteiger charge is 1.97. The predicted octanol–water partition coefficient (Wildman–Crippen LogP) is 5.64. The molecule has 0 fully saturated rings. The van der Waals surface area contributed by atoms with E-state index in [-0.39, 0.29) is 0 Å². The van der Waals surface area contributed by atoms with Crippen molar-refractivity contribution in [2.24, 2.45) is 0 Å². The van der Waals surface area contributed by atoms with Gasteiger partial charge in [0.05, 0.1) is 0 Å². The Bertz CT molecular complexity index is 289. The van der Waals surface area contributed by atoms with Crippen LogP contribution in [0.1, 0.15) is 51.0 Å². The first-order valence-electron chi connectivity index (χ1n) is 6.21. The van der Waals surface area contributed by atoms with E-state index in [2.05, 4.69) is 47.6 Å². The molecule has 0 unspecified atom stereocenters. The fourth-order valence-corrected chi connectivity index (χ4v) is 2.91. The maximum Gasteiger partial charge on any atom is 0.0189 e. The molecule has 0 bridgehead atoms. The summed E-state index contributed by atoms with van der Waals surface area (Å²) in [7, 11) is 0. The van der Waals surface area contributed by atoms with E-state index < -0.39 is 0 Å². The first-order valence-corrected chi connectivity index (χ1v) is 7.45. The largest absolute Gasteiger partial charge is 0.143 e. The van der Waals surface area contributed by atoms with Crippen molar-refractivity contribution in [3.63, 3.8) is 0 Å². The van der Waals surface area contributed by atoms with Crippen molar-refractivity contribution >= 4 is 28.6 Å². The molecule has 0 amide bonds. The summed E-state index contributed by atoms with van der Waals surface area (Å²) in [5.74, 6) is 0. The predicted molar refractivity (Wildman–Crippen MR) is 78.5 cm³/mol. The van der Waals surface area contributed by atoms with Gasteiger partial charge < -0.3 is 0 Å². The van der Waals surface area contributed by atoms with E-state index in [4.69, 9.17) is 0 Å². The Kier molecular flexibility index (Phi) is 7.22. The molecule has 2 heteroatoms. The van der Waals surface area contributed by atoms with Crippen LogP contribution in [0.4, 0.5) is 0 Å². The van der Waals surface area contributed by atoms with Gasteiger partial charge in [-0.25, -0.2) is 0 Å². The van der Waals surface area contributed by atoms with Crippen LogP contribution < -0.4 is 0 Å². The van der Waals surface area contributed by atoms with Crippen molar-refractivity contribution in [2.45, 2.75) is 56.8 Å². The molecule has 16 heavy (non-hydrogen) atoms. The zero-order valence-corrected chi connectivity index (χ0v) is 12.5. The first-order chi connectivity index (χ1) is 7.72. The molecule has 0 aliphatic rings. The highest BCUT2D eigenvalue weighted by molar-refractivity contribution is 9.10. The topological polar surface area (TPSA) is 0 Å². The summed E-state index contributed by atoms with van der Waals surface area (Å²) in [5, 5.41) is 0. The molecule has 0 saturated heterocycles. The molecule has 0 heterocycles. The van der Waals surface area contributed by atoms with Crippen molar-refractivity contribution in [1.82, 2.24) is 0 Å². The van der Waals surface area contributed by atoms with Gasteiger partial charge in [-0.2, -0.15) is 0 Å². The summed E-state index contributed by atoms with van der Waals surface area (Å²) < 4.78 is 1.14. The Morgan fingerprint density at radius 2 is 1.69 bits per heavy atom. The Hall–Kier alpha value is 0.0500. The molecule has 0 aliphatic heterocycles. The highest BCUT2D eigenvalue weighted by atomic mass is 79.9. The van der Waals surface area contributed by atoms with E-state index in [1.165, 1.54) is 50.5 Å². The van der Waals surface area contributed by atoms with Gasteiger partial charge in [0.15, 0.2) is 0 Å². The number of unbranched alkanes of at least 4 members (excludes halogenated alkanes) is 5. The van der Waals surface area contributed by atoms with E-state index in [0.29, 0.717) is 0 Å².